The predicted molar refractivity (Wildman–Crippen MR) is 72.9 cm³/mol. The average Bonchev–Trinajstić information content (AvgIpc) is 2.54. The quantitative estimate of drug-likeness (QED) is 0.457. The van der Waals surface area contributed by atoms with E-state index in [9.17, 15) is 22.4 Å². The normalized spacial score (nSPS) is 11.0. The molecule has 0 aliphatic carbocycles. The zero-order valence-corrected chi connectivity index (χ0v) is 11.4. The Morgan fingerprint density at radius 1 is 0.909 bits per heavy atom. The fourth-order valence-corrected chi connectivity index (χ4v) is 1.76. The summed E-state index contributed by atoms with van der Waals surface area (Å²) in [5.41, 5.74) is -0.504. The molecule has 0 aromatic heterocycles. The maximum Gasteiger partial charge on any atom is 0.205 e. The van der Waals surface area contributed by atoms with Gasteiger partial charge in [0.2, 0.25) is 17.4 Å². The first-order valence-corrected chi connectivity index (χ1v) is 6.21. The molecule has 2 aromatic rings. The van der Waals surface area contributed by atoms with Crippen LogP contribution in [-0.4, -0.2) is 6.29 Å². The fraction of sp³-hybridized carbons (Fsp3) is 0.0625. The van der Waals surface area contributed by atoms with Crippen molar-refractivity contribution < 1.29 is 27.1 Å². The molecule has 0 unspecified atom stereocenters. The molecule has 22 heavy (non-hydrogen) atoms. The highest BCUT2D eigenvalue weighted by Crippen LogP contribution is 2.33. The maximum atomic E-state index is 13.9. The zero-order chi connectivity index (χ0) is 16.3. The van der Waals surface area contributed by atoms with Crippen molar-refractivity contribution in [2.75, 3.05) is 0 Å². The summed E-state index contributed by atoms with van der Waals surface area (Å²) in [6, 6.07) is 5.16. The summed E-state index contributed by atoms with van der Waals surface area (Å²) in [6.45, 7) is 1.45. The molecular formula is C16H10F4O2. The van der Waals surface area contributed by atoms with Crippen LogP contribution in [0.15, 0.2) is 30.3 Å². The third-order valence-electron chi connectivity index (χ3n) is 2.83. The van der Waals surface area contributed by atoms with Gasteiger partial charge in [-0.1, -0.05) is 12.2 Å². The number of aldehydes is 1. The van der Waals surface area contributed by atoms with Gasteiger partial charge in [-0.05, 0) is 31.2 Å². The Bertz CT molecular complexity index is 708. The van der Waals surface area contributed by atoms with Crippen molar-refractivity contribution in [3.63, 3.8) is 0 Å². The third-order valence-corrected chi connectivity index (χ3v) is 2.83. The highest BCUT2D eigenvalue weighted by atomic mass is 19.2. The number of carbonyl (C=O) groups excluding carboxylic acids is 1. The van der Waals surface area contributed by atoms with Crippen LogP contribution in [0.5, 0.6) is 11.5 Å². The number of allylic oxidation sites excluding steroid dienone is 1. The van der Waals surface area contributed by atoms with Gasteiger partial charge in [0.05, 0.1) is 5.56 Å². The summed E-state index contributed by atoms with van der Waals surface area (Å²) in [6.07, 6.45) is 2.73. The van der Waals surface area contributed by atoms with Crippen molar-refractivity contribution in [3.05, 3.63) is 64.7 Å². The molecule has 0 aliphatic rings. The van der Waals surface area contributed by atoms with Gasteiger partial charge < -0.3 is 4.74 Å². The lowest BCUT2D eigenvalue weighted by atomic mass is 10.1. The lowest BCUT2D eigenvalue weighted by Crippen LogP contribution is -2.03. The molecular weight excluding hydrogens is 300 g/mol. The summed E-state index contributed by atoms with van der Waals surface area (Å²) >= 11 is 0. The molecule has 0 fully saturated rings. The minimum absolute atomic E-state index is 0.0685. The molecule has 0 heterocycles. The second-order valence-electron chi connectivity index (χ2n) is 4.29. The lowest BCUT2D eigenvalue weighted by Gasteiger charge is -2.11. The summed E-state index contributed by atoms with van der Waals surface area (Å²) < 4.78 is 60.1. The van der Waals surface area contributed by atoms with Gasteiger partial charge >= 0.3 is 0 Å². The van der Waals surface area contributed by atoms with Crippen molar-refractivity contribution in [1.82, 2.24) is 0 Å². The van der Waals surface area contributed by atoms with E-state index >= 15 is 0 Å². The largest absolute Gasteiger partial charge is 0.451 e. The number of ether oxygens (including phenoxy) is 1. The second-order valence-corrected chi connectivity index (χ2v) is 4.29. The number of carbonyl (C=O) groups is 1. The first kappa shape index (κ1) is 15.8. The van der Waals surface area contributed by atoms with Crippen molar-refractivity contribution in [1.29, 1.82) is 0 Å². The third kappa shape index (κ3) is 2.86. The molecule has 2 aromatic carbocycles. The van der Waals surface area contributed by atoms with Crippen molar-refractivity contribution >= 4 is 12.4 Å². The van der Waals surface area contributed by atoms with Gasteiger partial charge in [-0.25, -0.2) is 8.78 Å². The number of hydrogen-bond donors (Lipinski definition) is 0. The molecule has 0 radical (unpaired) electrons. The fourth-order valence-electron chi connectivity index (χ4n) is 1.76. The SMILES string of the molecule is C/C=C/c1c(F)c(F)c(Oc2ccc(C=O)cc2)c(F)c1F. The van der Waals surface area contributed by atoms with Gasteiger partial charge in [0, 0.05) is 5.56 Å². The molecule has 0 saturated heterocycles. The molecule has 0 bridgehead atoms. The number of rotatable bonds is 4. The van der Waals surface area contributed by atoms with Crippen LogP contribution in [0.25, 0.3) is 6.08 Å². The van der Waals surface area contributed by atoms with E-state index in [4.69, 9.17) is 4.74 Å². The minimum atomic E-state index is -1.63. The Labute approximate surface area is 123 Å². The molecule has 6 heteroatoms. The standard InChI is InChI=1S/C16H10F4O2/c1-2-3-11-12(17)14(19)16(15(20)13(11)18)22-10-6-4-9(8-21)5-7-10/h2-8H,1H3/b3-2+. The highest BCUT2D eigenvalue weighted by Gasteiger charge is 2.25. The molecule has 2 rings (SSSR count). The molecule has 0 atom stereocenters. The highest BCUT2D eigenvalue weighted by molar-refractivity contribution is 5.74. The Morgan fingerprint density at radius 3 is 1.91 bits per heavy atom. The Morgan fingerprint density at radius 2 is 1.45 bits per heavy atom. The average molecular weight is 310 g/mol. The van der Waals surface area contributed by atoms with Crippen LogP contribution >= 0.6 is 0 Å². The second kappa shape index (κ2) is 6.43. The molecule has 0 aliphatic heterocycles. The zero-order valence-electron chi connectivity index (χ0n) is 11.4. The summed E-state index contributed by atoms with van der Waals surface area (Å²) in [5, 5.41) is 0. The smallest absolute Gasteiger partial charge is 0.205 e. The monoisotopic (exact) mass is 310 g/mol. The van der Waals surface area contributed by atoms with E-state index in [1.165, 1.54) is 37.3 Å². The number of halogens is 4. The van der Waals surface area contributed by atoms with Crippen LogP contribution in [0.2, 0.25) is 0 Å². The Balaban J connectivity index is 2.49. The van der Waals surface area contributed by atoms with Gasteiger partial charge in [-0.2, -0.15) is 8.78 Å². The minimum Gasteiger partial charge on any atom is -0.451 e. The Hall–Kier alpha value is -2.63. The first-order chi connectivity index (χ1) is 10.5. The van der Waals surface area contributed by atoms with Crippen LogP contribution < -0.4 is 4.74 Å². The number of benzene rings is 2. The molecule has 0 amide bonds. The van der Waals surface area contributed by atoms with Crippen LogP contribution in [0.4, 0.5) is 17.6 Å². The lowest BCUT2D eigenvalue weighted by molar-refractivity contribution is 0.112. The van der Waals surface area contributed by atoms with Gasteiger partial charge in [0.15, 0.2) is 11.6 Å². The van der Waals surface area contributed by atoms with Gasteiger partial charge in [-0.15, -0.1) is 0 Å². The van der Waals surface area contributed by atoms with E-state index in [1.54, 1.807) is 0 Å². The van der Waals surface area contributed by atoms with Gasteiger partial charge in [0.25, 0.3) is 0 Å². The van der Waals surface area contributed by atoms with Gasteiger partial charge in [0.1, 0.15) is 12.0 Å². The van der Waals surface area contributed by atoms with Gasteiger partial charge in [-0.3, -0.25) is 4.79 Å². The molecule has 0 N–H and O–H groups in total. The van der Waals surface area contributed by atoms with E-state index in [2.05, 4.69) is 0 Å². The molecule has 0 spiro atoms. The topological polar surface area (TPSA) is 26.3 Å². The molecule has 2 nitrogen and oxygen atoms in total. The molecule has 0 saturated carbocycles. The van der Waals surface area contributed by atoms with Crippen molar-refractivity contribution in [3.8, 4) is 11.5 Å². The van der Waals surface area contributed by atoms with E-state index in [-0.39, 0.29) is 5.75 Å². The first-order valence-electron chi connectivity index (χ1n) is 6.21. The number of hydrogen-bond acceptors (Lipinski definition) is 2. The van der Waals surface area contributed by atoms with Crippen molar-refractivity contribution in [2.24, 2.45) is 0 Å². The summed E-state index contributed by atoms with van der Waals surface area (Å²) in [7, 11) is 0. The van der Waals surface area contributed by atoms with Crippen LogP contribution in [0.3, 0.4) is 0 Å². The van der Waals surface area contributed by atoms with Crippen LogP contribution in [-0.2, 0) is 0 Å². The van der Waals surface area contributed by atoms with Crippen LogP contribution in [0, 0.1) is 23.3 Å². The van der Waals surface area contributed by atoms with Crippen LogP contribution in [0.1, 0.15) is 22.8 Å². The molecule has 114 valence electrons. The predicted octanol–water partition coefficient (Wildman–Crippen LogP) is 4.88. The van der Waals surface area contributed by atoms with E-state index in [0.29, 0.717) is 11.8 Å². The maximum absolute atomic E-state index is 13.9. The van der Waals surface area contributed by atoms with E-state index < -0.39 is 34.6 Å². The van der Waals surface area contributed by atoms with E-state index in [1.807, 2.05) is 0 Å². The summed E-state index contributed by atoms with van der Waals surface area (Å²) in [4.78, 5) is 10.5. The Kier molecular flexibility index (Phi) is 4.60. The summed E-state index contributed by atoms with van der Waals surface area (Å²) in [5.74, 6) is -7.60. The van der Waals surface area contributed by atoms with Crippen molar-refractivity contribution in [2.45, 2.75) is 6.92 Å². The van der Waals surface area contributed by atoms with E-state index in [0.717, 1.165) is 6.08 Å².